The maximum Gasteiger partial charge on any atom is 0.168 e. The van der Waals surface area contributed by atoms with E-state index in [9.17, 15) is 4.39 Å². The highest BCUT2D eigenvalue weighted by Gasteiger charge is 2.12. The van der Waals surface area contributed by atoms with Crippen LogP contribution < -0.4 is 10.5 Å². The number of hydrogen-bond donors (Lipinski definition) is 1. The van der Waals surface area contributed by atoms with Gasteiger partial charge in [-0.25, -0.2) is 4.39 Å². The van der Waals surface area contributed by atoms with Crippen LogP contribution in [0.4, 0.5) is 4.39 Å². The van der Waals surface area contributed by atoms with Gasteiger partial charge in [0.05, 0.1) is 7.11 Å². The zero-order valence-corrected chi connectivity index (χ0v) is 13.3. The molecule has 0 saturated heterocycles. The molecule has 0 fully saturated rings. The van der Waals surface area contributed by atoms with Crippen molar-refractivity contribution in [2.75, 3.05) is 12.9 Å². The molecule has 112 valence electrons. The van der Waals surface area contributed by atoms with Gasteiger partial charge in [0.2, 0.25) is 0 Å². The Morgan fingerprint density at radius 3 is 2.62 bits per heavy atom. The van der Waals surface area contributed by atoms with E-state index in [1.807, 2.05) is 24.3 Å². The molecule has 2 nitrogen and oxygen atoms in total. The van der Waals surface area contributed by atoms with Crippen LogP contribution in [0.15, 0.2) is 47.4 Å². The van der Waals surface area contributed by atoms with Crippen molar-refractivity contribution in [3.8, 4) is 5.75 Å². The Kier molecular flexibility index (Phi) is 5.91. The molecule has 0 heterocycles. The van der Waals surface area contributed by atoms with Gasteiger partial charge in [-0.2, -0.15) is 0 Å². The highest BCUT2D eigenvalue weighted by Crippen LogP contribution is 2.24. The SMILES string of the molecule is COc1cccc(CC(N)CSc2ccc(Cl)cc2)c1F. The monoisotopic (exact) mass is 325 g/mol. The Balaban J connectivity index is 1.92. The van der Waals surface area contributed by atoms with Crippen LogP contribution in [-0.2, 0) is 6.42 Å². The van der Waals surface area contributed by atoms with Crippen LogP contribution in [-0.4, -0.2) is 18.9 Å². The molecule has 0 aliphatic carbocycles. The normalized spacial score (nSPS) is 12.2. The number of halogens is 2. The third-order valence-corrected chi connectivity index (χ3v) is 4.48. The number of benzene rings is 2. The van der Waals surface area contributed by atoms with Gasteiger partial charge in [0, 0.05) is 21.7 Å². The number of nitrogens with two attached hydrogens (primary N) is 1. The Morgan fingerprint density at radius 2 is 1.95 bits per heavy atom. The highest BCUT2D eigenvalue weighted by atomic mass is 35.5. The molecule has 0 spiro atoms. The van der Waals surface area contributed by atoms with Crippen LogP contribution in [0.1, 0.15) is 5.56 Å². The van der Waals surface area contributed by atoms with Crippen LogP contribution in [0, 0.1) is 5.82 Å². The number of ether oxygens (including phenoxy) is 1. The first-order valence-electron chi connectivity index (χ1n) is 6.55. The molecule has 2 N–H and O–H groups in total. The largest absolute Gasteiger partial charge is 0.494 e. The molecule has 1 atom stereocenters. The molecule has 0 aromatic heterocycles. The fraction of sp³-hybridized carbons (Fsp3) is 0.250. The van der Waals surface area contributed by atoms with Crippen molar-refractivity contribution in [2.45, 2.75) is 17.4 Å². The Hall–Kier alpha value is -1.23. The van der Waals surface area contributed by atoms with Crippen molar-refractivity contribution < 1.29 is 9.13 Å². The maximum atomic E-state index is 14.0. The van der Waals surface area contributed by atoms with E-state index in [1.165, 1.54) is 7.11 Å². The average molecular weight is 326 g/mol. The number of rotatable bonds is 6. The van der Waals surface area contributed by atoms with Gasteiger partial charge in [0.1, 0.15) is 0 Å². The minimum absolute atomic E-state index is 0.132. The average Bonchev–Trinajstić information content (AvgIpc) is 2.49. The van der Waals surface area contributed by atoms with Gasteiger partial charge in [0.25, 0.3) is 0 Å². The summed E-state index contributed by atoms with van der Waals surface area (Å²) in [7, 11) is 1.46. The minimum Gasteiger partial charge on any atom is -0.494 e. The van der Waals surface area contributed by atoms with Crippen LogP contribution in [0.2, 0.25) is 5.02 Å². The summed E-state index contributed by atoms with van der Waals surface area (Å²) in [5.41, 5.74) is 6.67. The summed E-state index contributed by atoms with van der Waals surface area (Å²) in [6.07, 6.45) is 0.476. The second-order valence-corrected chi connectivity index (χ2v) is 6.19. The summed E-state index contributed by atoms with van der Waals surface area (Å²) >= 11 is 7.48. The molecule has 0 saturated carbocycles. The molecule has 0 aliphatic heterocycles. The van der Waals surface area contributed by atoms with Gasteiger partial charge in [-0.15, -0.1) is 11.8 Å². The van der Waals surface area contributed by atoms with Crippen molar-refractivity contribution in [3.05, 3.63) is 58.9 Å². The lowest BCUT2D eigenvalue weighted by Crippen LogP contribution is -2.26. The zero-order valence-electron chi connectivity index (χ0n) is 11.7. The van der Waals surface area contributed by atoms with Crippen LogP contribution >= 0.6 is 23.4 Å². The predicted molar refractivity (Wildman–Crippen MR) is 86.8 cm³/mol. The molecule has 2 aromatic rings. The molecule has 21 heavy (non-hydrogen) atoms. The van der Waals surface area contributed by atoms with E-state index < -0.39 is 0 Å². The van der Waals surface area contributed by atoms with Crippen LogP contribution in [0.5, 0.6) is 5.75 Å². The van der Waals surface area contributed by atoms with Gasteiger partial charge in [-0.3, -0.25) is 0 Å². The number of methoxy groups -OCH3 is 1. The molecule has 0 radical (unpaired) electrons. The molecule has 0 aliphatic rings. The van der Waals surface area contributed by atoms with E-state index in [2.05, 4.69) is 0 Å². The maximum absolute atomic E-state index is 14.0. The van der Waals surface area contributed by atoms with E-state index >= 15 is 0 Å². The fourth-order valence-electron chi connectivity index (χ4n) is 1.95. The smallest absolute Gasteiger partial charge is 0.168 e. The number of hydrogen-bond acceptors (Lipinski definition) is 3. The summed E-state index contributed by atoms with van der Waals surface area (Å²) in [5.74, 6) is 0.634. The minimum atomic E-state index is -0.327. The Labute approximate surface area is 133 Å². The lowest BCUT2D eigenvalue weighted by atomic mass is 10.1. The van der Waals surface area contributed by atoms with Crippen LogP contribution in [0.25, 0.3) is 0 Å². The van der Waals surface area contributed by atoms with Gasteiger partial charge < -0.3 is 10.5 Å². The summed E-state index contributed by atoms with van der Waals surface area (Å²) < 4.78 is 19.0. The Morgan fingerprint density at radius 1 is 1.24 bits per heavy atom. The summed E-state index contributed by atoms with van der Waals surface area (Å²) in [6.45, 7) is 0. The second kappa shape index (κ2) is 7.69. The van der Waals surface area contributed by atoms with E-state index in [0.717, 1.165) is 4.90 Å². The van der Waals surface area contributed by atoms with Crippen molar-refractivity contribution in [1.82, 2.24) is 0 Å². The molecule has 2 aromatic carbocycles. The topological polar surface area (TPSA) is 35.2 Å². The summed E-state index contributed by atoms with van der Waals surface area (Å²) in [5, 5.41) is 0.710. The van der Waals surface area contributed by atoms with Crippen molar-refractivity contribution >= 4 is 23.4 Å². The number of thioether (sulfide) groups is 1. The quantitative estimate of drug-likeness (QED) is 0.810. The molecule has 1 unspecified atom stereocenters. The molecule has 0 amide bonds. The molecular formula is C16H17ClFNOS. The van der Waals surface area contributed by atoms with Crippen molar-refractivity contribution in [2.24, 2.45) is 5.73 Å². The van der Waals surface area contributed by atoms with E-state index in [4.69, 9.17) is 22.1 Å². The standard InChI is InChI=1S/C16H17ClFNOS/c1-20-15-4-2-3-11(16(15)18)9-13(19)10-21-14-7-5-12(17)6-8-14/h2-8,13H,9-10,19H2,1H3. The van der Waals surface area contributed by atoms with E-state index in [-0.39, 0.29) is 17.6 Å². The molecule has 0 bridgehead atoms. The Bertz CT molecular complexity index is 591. The summed E-state index contributed by atoms with van der Waals surface area (Å²) in [6, 6.07) is 12.6. The highest BCUT2D eigenvalue weighted by molar-refractivity contribution is 7.99. The lowest BCUT2D eigenvalue weighted by molar-refractivity contribution is 0.383. The van der Waals surface area contributed by atoms with Gasteiger partial charge in [-0.1, -0.05) is 23.7 Å². The fourth-order valence-corrected chi connectivity index (χ4v) is 2.93. The first-order valence-corrected chi connectivity index (χ1v) is 7.92. The summed E-state index contributed by atoms with van der Waals surface area (Å²) in [4.78, 5) is 1.10. The third kappa shape index (κ3) is 4.63. The first-order chi connectivity index (χ1) is 10.1. The molecule has 5 heteroatoms. The molecular weight excluding hydrogens is 309 g/mol. The van der Waals surface area contributed by atoms with Crippen molar-refractivity contribution in [1.29, 1.82) is 0 Å². The van der Waals surface area contributed by atoms with E-state index in [0.29, 0.717) is 22.8 Å². The predicted octanol–water partition coefficient (Wildman–Crippen LogP) is 4.15. The van der Waals surface area contributed by atoms with Crippen LogP contribution in [0.3, 0.4) is 0 Å². The van der Waals surface area contributed by atoms with Crippen molar-refractivity contribution in [3.63, 3.8) is 0 Å². The lowest BCUT2D eigenvalue weighted by Gasteiger charge is -2.13. The van der Waals surface area contributed by atoms with Gasteiger partial charge in [-0.05, 0) is 42.3 Å². The van der Waals surface area contributed by atoms with Gasteiger partial charge >= 0.3 is 0 Å². The molecule has 2 rings (SSSR count). The van der Waals surface area contributed by atoms with E-state index in [1.54, 1.807) is 30.0 Å². The first kappa shape index (κ1) is 16.1. The zero-order chi connectivity index (χ0) is 15.2. The third-order valence-electron chi connectivity index (χ3n) is 3.02. The second-order valence-electron chi connectivity index (χ2n) is 4.66. The van der Waals surface area contributed by atoms with Gasteiger partial charge in [0.15, 0.2) is 11.6 Å².